The van der Waals surface area contributed by atoms with E-state index >= 15 is 0 Å². The minimum absolute atomic E-state index is 0. The lowest BCUT2D eigenvalue weighted by Gasteiger charge is -2.32. The summed E-state index contributed by atoms with van der Waals surface area (Å²) in [6.45, 7) is 4.65. The maximum atomic E-state index is 9.88. The number of methoxy groups -OCH3 is 3. The van der Waals surface area contributed by atoms with E-state index in [1.165, 1.54) is 0 Å². The van der Waals surface area contributed by atoms with E-state index in [1.807, 2.05) is 26.0 Å². The van der Waals surface area contributed by atoms with Crippen molar-refractivity contribution in [3.05, 3.63) is 17.7 Å². The van der Waals surface area contributed by atoms with Gasteiger partial charge in [0.1, 0.15) is 0 Å². The molecule has 1 aromatic carbocycles. The van der Waals surface area contributed by atoms with Crippen LogP contribution in [0.4, 0.5) is 0 Å². The third-order valence-corrected chi connectivity index (χ3v) is 4.14. The first-order valence-electron chi connectivity index (χ1n) is 7.42. The molecule has 1 rings (SSSR count). The van der Waals surface area contributed by atoms with E-state index in [0.29, 0.717) is 30.2 Å². The lowest BCUT2D eigenvalue weighted by Crippen LogP contribution is -2.31. The molecule has 130 valence electrons. The number of ether oxygens (including phenoxy) is 3. The summed E-state index contributed by atoms with van der Waals surface area (Å²) in [5.74, 6) is 1.78. The zero-order valence-electron chi connectivity index (χ0n) is 14.5. The van der Waals surface area contributed by atoms with Gasteiger partial charge in [-0.15, -0.1) is 12.4 Å². The molecule has 0 radical (unpaired) electrons. The zero-order chi connectivity index (χ0) is 16.8. The van der Waals surface area contributed by atoms with E-state index in [1.54, 1.807) is 21.3 Å². The highest BCUT2D eigenvalue weighted by atomic mass is 35.5. The quantitative estimate of drug-likeness (QED) is 0.784. The van der Waals surface area contributed by atoms with Gasteiger partial charge in [-0.2, -0.15) is 5.26 Å². The van der Waals surface area contributed by atoms with E-state index in [4.69, 9.17) is 19.9 Å². The Bertz CT molecular complexity index is 518. The fourth-order valence-electron chi connectivity index (χ4n) is 2.74. The van der Waals surface area contributed by atoms with Crippen molar-refractivity contribution in [2.45, 2.75) is 32.1 Å². The predicted octanol–water partition coefficient (Wildman–Crippen LogP) is 3.29. The zero-order valence-corrected chi connectivity index (χ0v) is 15.3. The summed E-state index contributed by atoms with van der Waals surface area (Å²) < 4.78 is 16.2. The minimum atomic E-state index is -0.633. The van der Waals surface area contributed by atoms with Gasteiger partial charge >= 0.3 is 0 Å². The molecule has 1 aromatic rings. The molecule has 0 spiro atoms. The monoisotopic (exact) mass is 342 g/mol. The summed E-state index contributed by atoms with van der Waals surface area (Å²) in [6, 6.07) is 6.22. The third-order valence-electron chi connectivity index (χ3n) is 4.14. The molecule has 6 heteroatoms. The summed E-state index contributed by atoms with van der Waals surface area (Å²) in [7, 11) is 4.71. The molecular weight excluding hydrogens is 316 g/mol. The highest BCUT2D eigenvalue weighted by molar-refractivity contribution is 5.85. The van der Waals surface area contributed by atoms with E-state index in [2.05, 4.69) is 6.07 Å². The fraction of sp³-hybridized carbons (Fsp3) is 0.588. The van der Waals surface area contributed by atoms with Crippen molar-refractivity contribution in [1.82, 2.24) is 0 Å². The van der Waals surface area contributed by atoms with Gasteiger partial charge < -0.3 is 19.9 Å². The van der Waals surface area contributed by atoms with Crippen LogP contribution in [0.25, 0.3) is 0 Å². The predicted molar refractivity (Wildman–Crippen MR) is 93.8 cm³/mol. The molecule has 0 amide bonds. The summed E-state index contributed by atoms with van der Waals surface area (Å²) in [5.41, 5.74) is 5.88. The Labute approximate surface area is 145 Å². The maximum Gasteiger partial charge on any atom is 0.203 e. The molecule has 0 bridgehead atoms. The number of rotatable bonds is 8. The van der Waals surface area contributed by atoms with Crippen molar-refractivity contribution >= 4 is 12.4 Å². The van der Waals surface area contributed by atoms with Crippen molar-refractivity contribution < 1.29 is 14.2 Å². The molecule has 0 saturated carbocycles. The number of nitrogens with two attached hydrogens (primary N) is 1. The number of nitrogens with zero attached hydrogens (tertiary/aromatic N) is 1. The van der Waals surface area contributed by atoms with Gasteiger partial charge in [0.15, 0.2) is 11.5 Å². The standard InChI is InChI=1S/C17H26N2O3.ClH/c1-12(2)17(11-19,7-6-8-18)13-9-14(20-3)16(22-5)15(10-13)21-4;/h9-10,12H,6-8,18H2,1-5H3;1H. The summed E-state index contributed by atoms with van der Waals surface area (Å²) in [6.07, 6.45) is 1.47. The molecule has 1 atom stereocenters. The third kappa shape index (κ3) is 4.21. The molecule has 0 saturated heterocycles. The number of halogens is 1. The lowest BCUT2D eigenvalue weighted by molar-refractivity contribution is 0.317. The second-order valence-electron chi connectivity index (χ2n) is 5.54. The molecule has 0 aliphatic heterocycles. The van der Waals surface area contributed by atoms with Gasteiger partial charge in [0.2, 0.25) is 5.75 Å². The highest BCUT2D eigenvalue weighted by Crippen LogP contribution is 2.45. The van der Waals surface area contributed by atoms with Crippen LogP contribution in [0, 0.1) is 17.2 Å². The van der Waals surface area contributed by atoms with Crippen molar-refractivity contribution in [3.63, 3.8) is 0 Å². The Morgan fingerprint density at radius 1 is 1.13 bits per heavy atom. The van der Waals surface area contributed by atoms with Crippen LogP contribution in [0.1, 0.15) is 32.3 Å². The first-order chi connectivity index (χ1) is 10.5. The van der Waals surface area contributed by atoms with Crippen LogP contribution in [-0.4, -0.2) is 27.9 Å². The molecule has 0 fully saturated rings. The molecule has 5 nitrogen and oxygen atoms in total. The second-order valence-corrected chi connectivity index (χ2v) is 5.54. The SMILES string of the molecule is COc1cc(C(C#N)(CCCN)C(C)C)cc(OC)c1OC.Cl. The normalized spacial score (nSPS) is 12.8. The van der Waals surface area contributed by atoms with Gasteiger partial charge in [-0.25, -0.2) is 0 Å². The van der Waals surface area contributed by atoms with Crippen LogP contribution in [0.2, 0.25) is 0 Å². The lowest BCUT2D eigenvalue weighted by atomic mass is 9.69. The highest BCUT2D eigenvalue weighted by Gasteiger charge is 2.37. The molecule has 0 heterocycles. The van der Waals surface area contributed by atoms with Crippen LogP contribution in [0.5, 0.6) is 17.2 Å². The van der Waals surface area contributed by atoms with Gasteiger partial charge in [0.05, 0.1) is 32.8 Å². The van der Waals surface area contributed by atoms with Crippen molar-refractivity contribution in [2.24, 2.45) is 11.7 Å². The van der Waals surface area contributed by atoms with E-state index in [0.717, 1.165) is 12.0 Å². The number of hydrogen-bond donors (Lipinski definition) is 1. The molecule has 0 aliphatic carbocycles. The molecule has 1 unspecified atom stereocenters. The molecule has 0 aliphatic rings. The van der Waals surface area contributed by atoms with Crippen molar-refractivity contribution in [2.75, 3.05) is 27.9 Å². The average Bonchev–Trinajstić information content (AvgIpc) is 2.54. The van der Waals surface area contributed by atoms with E-state index in [-0.39, 0.29) is 18.3 Å². The topological polar surface area (TPSA) is 77.5 Å². The Hall–Kier alpha value is -1.64. The summed E-state index contributed by atoms with van der Waals surface area (Å²) in [4.78, 5) is 0. The van der Waals surface area contributed by atoms with Gasteiger partial charge in [-0.05, 0) is 43.0 Å². The van der Waals surface area contributed by atoms with Crippen LogP contribution in [0.3, 0.4) is 0 Å². The molecule has 0 aromatic heterocycles. The first-order valence-corrected chi connectivity index (χ1v) is 7.42. The first kappa shape index (κ1) is 21.4. The summed E-state index contributed by atoms with van der Waals surface area (Å²) in [5, 5.41) is 9.88. The Balaban J connectivity index is 0.00000484. The van der Waals surface area contributed by atoms with Crippen LogP contribution >= 0.6 is 12.4 Å². The van der Waals surface area contributed by atoms with Gasteiger partial charge in [0.25, 0.3) is 0 Å². The minimum Gasteiger partial charge on any atom is -0.493 e. The Morgan fingerprint density at radius 2 is 1.65 bits per heavy atom. The summed E-state index contributed by atoms with van der Waals surface area (Å²) >= 11 is 0. The van der Waals surface area contributed by atoms with Gasteiger partial charge in [-0.3, -0.25) is 0 Å². The average molecular weight is 343 g/mol. The number of benzene rings is 1. The van der Waals surface area contributed by atoms with Crippen LogP contribution < -0.4 is 19.9 Å². The second kappa shape index (κ2) is 9.49. The van der Waals surface area contributed by atoms with Gasteiger partial charge in [0, 0.05) is 0 Å². The van der Waals surface area contributed by atoms with Crippen LogP contribution in [0.15, 0.2) is 12.1 Å². The smallest absolute Gasteiger partial charge is 0.203 e. The van der Waals surface area contributed by atoms with E-state index in [9.17, 15) is 5.26 Å². The maximum absolute atomic E-state index is 9.88. The number of nitriles is 1. The van der Waals surface area contributed by atoms with E-state index < -0.39 is 5.41 Å². The fourth-order valence-corrected chi connectivity index (χ4v) is 2.74. The van der Waals surface area contributed by atoms with Crippen LogP contribution in [-0.2, 0) is 5.41 Å². The number of hydrogen-bond acceptors (Lipinski definition) is 5. The molecular formula is C17H27ClN2O3. The van der Waals surface area contributed by atoms with Gasteiger partial charge in [-0.1, -0.05) is 13.8 Å². The molecule has 23 heavy (non-hydrogen) atoms. The largest absolute Gasteiger partial charge is 0.493 e. The Kier molecular flexibility index (Phi) is 8.81. The van der Waals surface area contributed by atoms with Crippen molar-refractivity contribution in [1.29, 1.82) is 5.26 Å². The molecule has 2 N–H and O–H groups in total. The van der Waals surface area contributed by atoms with Crippen molar-refractivity contribution in [3.8, 4) is 23.3 Å². The Morgan fingerprint density at radius 3 is 1.96 bits per heavy atom.